The number of halogens is 3. The number of carbonyl (C=O) groups excluding carboxylic acids is 1. The van der Waals surface area contributed by atoms with E-state index in [0.717, 1.165) is 11.1 Å². The van der Waals surface area contributed by atoms with Gasteiger partial charge in [-0.25, -0.2) is 9.59 Å². The molecule has 0 radical (unpaired) electrons. The summed E-state index contributed by atoms with van der Waals surface area (Å²) in [4.78, 5) is 25.5. The first-order valence-electron chi connectivity index (χ1n) is 11.9. The van der Waals surface area contributed by atoms with Gasteiger partial charge < -0.3 is 29.5 Å². The van der Waals surface area contributed by atoms with Crippen LogP contribution < -0.4 is 10.1 Å². The molecule has 0 heterocycles. The van der Waals surface area contributed by atoms with Crippen LogP contribution in [-0.2, 0) is 20.7 Å². The van der Waals surface area contributed by atoms with Crippen molar-refractivity contribution in [3.8, 4) is 5.75 Å². The number of alkyl halides is 3. The molecule has 204 valence electrons. The second-order valence-corrected chi connectivity index (χ2v) is 8.29. The molecule has 0 aliphatic carbocycles. The van der Waals surface area contributed by atoms with Crippen LogP contribution in [-0.4, -0.2) is 73.8 Å². The third-order valence-electron chi connectivity index (χ3n) is 5.16. The Kier molecular flexibility index (Phi) is 12.2. The smallest absolute Gasteiger partial charge is 0.411 e. The van der Waals surface area contributed by atoms with Crippen LogP contribution in [0.3, 0.4) is 0 Å². The summed E-state index contributed by atoms with van der Waals surface area (Å²) in [5, 5.41) is 12.0. The molecule has 1 unspecified atom stereocenters. The number of aliphatic carboxylic acids is 1. The molecule has 2 aromatic rings. The van der Waals surface area contributed by atoms with Gasteiger partial charge in [-0.15, -0.1) is 0 Å². The minimum absolute atomic E-state index is 0.140. The van der Waals surface area contributed by atoms with Gasteiger partial charge in [0.05, 0.1) is 6.54 Å². The number of nitrogens with zero attached hydrogens (tertiary/aromatic N) is 1. The van der Waals surface area contributed by atoms with Gasteiger partial charge in [-0.2, -0.15) is 13.2 Å². The number of amides is 2. The van der Waals surface area contributed by atoms with Gasteiger partial charge in [0, 0.05) is 31.9 Å². The number of urea groups is 1. The van der Waals surface area contributed by atoms with Crippen molar-refractivity contribution >= 4 is 17.7 Å². The molecule has 0 saturated heterocycles. The fourth-order valence-corrected chi connectivity index (χ4v) is 3.41. The van der Waals surface area contributed by atoms with Crippen molar-refractivity contribution < 1.29 is 42.1 Å². The highest BCUT2D eigenvalue weighted by molar-refractivity contribution is 5.89. The van der Waals surface area contributed by atoms with Gasteiger partial charge in [0.15, 0.2) is 6.10 Å². The minimum Gasteiger partial charge on any atom is -0.492 e. The number of carbonyl (C=O) groups is 2. The average Bonchev–Trinajstić information content (AvgIpc) is 2.82. The molecule has 2 amide bonds. The number of hydrogen-bond donors (Lipinski definition) is 2. The summed E-state index contributed by atoms with van der Waals surface area (Å²) in [6.07, 6.45) is -4.90. The van der Waals surface area contributed by atoms with Crippen LogP contribution >= 0.6 is 0 Å². The Morgan fingerprint density at radius 3 is 2.43 bits per heavy atom. The molecular formula is C26H33F3N2O6. The molecule has 1 atom stereocenters. The van der Waals surface area contributed by atoms with Crippen LogP contribution in [0.25, 0.3) is 0 Å². The van der Waals surface area contributed by atoms with Gasteiger partial charge in [0.2, 0.25) is 0 Å². The topological polar surface area (TPSA) is 97.3 Å². The number of anilines is 1. The first-order chi connectivity index (χ1) is 17.6. The zero-order chi connectivity index (χ0) is 27.3. The SMILES string of the molecule is CCOC(Cc1ccc(OCCN(CCCOCC(F)(F)F)C(=O)Nc2cccc(C)c2)cc1)C(=O)O. The number of hydrogen-bond acceptors (Lipinski definition) is 5. The van der Waals surface area contributed by atoms with Crippen molar-refractivity contribution in [1.29, 1.82) is 0 Å². The molecule has 2 N–H and O–H groups in total. The second-order valence-electron chi connectivity index (χ2n) is 8.29. The molecule has 0 saturated carbocycles. The number of nitrogens with one attached hydrogen (secondary N) is 1. The molecule has 37 heavy (non-hydrogen) atoms. The number of benzene rings is 2. The Labute approximate surface area is 214 Å². The van der Waals surface area contributed by atoms with Gasteiger partial charge in [-0.1, -0.05) is 24.3 Å². The zero-order valence-corrected chi connectivity index (χ0v) is 20.9. The lowest BCUT2D eigenvalue weighted by atomic mass is 10.1. The van der Waals surface area contributed by atoms with E-state index in [0.29, 0.717) is 18.0 Å². The van der Waals surface area contributed by atoms with Crippen LogP contribution in [0.1, 0.15) is 24.5 Å². The van der Waals surface area contributed by atoms with E-state index < -0.39 is 30.9 Å². The van der Waals surface area contributed by atoms with E-state index in [1.54, 1.807) is 49.4 Å². The van der Waals surface area contributed by atoms with Crippen LogP contribution in [0, 0.1) is 6.92 Å². The van der Waals surface area contributed by atoms with Gasteiger partial charge >= 0.3 is 18.2 Å². The second kappa shape index (κ2) is 15.1. The Hall–Kier alpha value is -3.31. The molecule has 0 bridgehead atoms. The maximum absolute atomic E-state index is 12.8. The lowest BCUT2D eigenvalue weighted by molar-refractivity contribution is -0.174. The average molecular weight is 527 g/mol. The minimum atomic E-state index is -4.40. The molecule has 0 aliphatic heterocycles. The van der Waals surface area contributed by atoms with Gasteiger partial charge in [-0.3, -0.25) is 0 Å². The monoisotopic (exact) mass is 526 g/mol. The van der Waals surface area contributed by atoms with Crippen molar-refractivity contribution in [3.05, 3.63) is 59.7 Å². The largest absolute Gasteiger partial charge is 0.492 e. The van der Waals surface area contributed by atoms with E-state index in [4.69, 9.17) is 9.47 Å². The first kappa shape index (κ1) is 29.9. The highest BCUT2D eigenvalue weighted by Gasteiger charge is 2.27. The number of carboxylic acid groups (broad SMARTS) is 1. The summed E-state index contributed by atoms with van der Waals surface area (Å²) in [7, 11) is 0. The Balaban J connectivity index is 1.91. The van der Waals surface area contributed by atoms with E-state index in [2.05, 4.69) is 10.1 Å². The van der Waals surface area contributed by atoms with Crippen LogP contribution in [0.2, 0.25) is 0 Å². The predicted octanol–water partition coefficient (Wildman–Crippen LogP) is 4.91. The summed E-state index contributed by atoms with van der Waals surface area (Å²) in [6.45, 7) is 2.93. The number of rotatable bonds is 15. The van der Waals surface area contributed by atoms with E-state index in [1.165, 1.54) is 4.90 Å². The van der Waals surface area contributed by atoms with Crippen molar-refractivity contribution in [3.63, 3.8) is 0 Å². The fraction of sp³-hybridized carbons (Fsp3) is 0.462. The summed E-state index contributed by atoms with van der Waals surface area (Å²) in [5.74, 6) is -0.505. The molecule has 0 spiro atoms. The van der Waals surface area contributed by atoms with Crippen molar-refractivity contribution in [1.82, 2.24) is 4.90 Å². The third-order valence-corrected chi connectivity index (χ3v) is 5.16. The van der Waals surface area contributed by atoms with E-state index in [9.17, 15) is 27.9 Å². The molecule has 0 fully saturated rings. The van der Waals surface area contributed by atoms with E-state index in [-0.39, 0.29) is 39.1 Å². The highest BCUT2D eigenvalue weighted by atomic mass is 19.4. The van der Waals surface area contributed by atoms with Crippen molar-refractivity contribution in [2.75, 3.05) is 44.8 Å². The summed E-state index contributed by atoms with van der Waals surface area (Å²) < 4.78 is 52.4. The predicted molar refractivity (Wildman–Crippen MR) is 132 cm³/mol. The zero-order valence-electron chi connectivity index (χ0n) is 20.9. The third kappa shape index (κ3) is 12.0. The molecule has 2 aromatic carbocycles. The van der Waals surface area contributed by atoms with Crippen molar-refractivity contribution in [2.45, 2.75) is 39.0 Å². The Morgan fingerprint density at radius 1 is 1.08 bits per heavy atom. The van der Waals surface area contributed by atoms with Crippen LogP contribution in [0.5, 0.6) is 5.75 Å². The van der Waals surface area contributed by atoms with Crippen LogP contribution in [0.4, 0.5) is 23.7 Å². The summed E-state index contributed by atoms with van der Waals surface area (Å²) in [5.41, 5.74) is 2.34. The van der Waals surface area contributed by atoms with E-state index >= 15 is 0 Å². The quantitative estimate of drug-likeness (QED) is 0.320. The summed E-state index contributed by atoms with van der Waals surface area (Å²) >= 11 is 0. The lowest BCUT2D eigenvalue weighted by Crippen LogP contribution is -2.39. The molecule has 0 aromatic heterocycles. The normalized spacial score (nSPS) is 12.1. The summed E-state index contributed by atoms with van der Waals surface area (Å²) in [6, 6.07) is 13.7. The molecule has 11 heteroatoms. The standard InChI is InChI=1S/C26H33F3N2O6/c1-3-36-23(24(32)33)17-20-8-10-22(11-9-20)37-15-13-31(12-5-14-35-18-26(27,28)29)25(34)30-21-7-4-6-19(2)16-21/h4,6-11,16,23H,3,5,12-15,17-18H2,1-2H3,(H,30,34)(H,32,33). The van der Waals surface area contributed by atoms with Gasteiger partial charge in [0.1, 0.15) is 19.0 Å². The number of carboxylic acids is 1. The van der Waals surface area contributed by atoms with Crippen LogP contribution in [0.15, 0.2) is 48.5 Å². The lowest BCUT2D eigenvalue weighted by Gasteiger charge is -2.23. The maximum Gasteiger partial charge on any atom is 0.411 e. The molecule has 8 nitrogen and oxygen atoms in total. The molecule has 0 aliphatic rings. The Morgan fingerprint density at radius 2 is 1.81 bits per heavy atom. The molecule has 2 rings (SSSR count). The molecular weight excluding hydrogens is 493 g/mol. The first-order valence-corrected chi connectivity index (χ1v) is 11.9. The van der Waals surface area contributed by atoms with Gasteiger partial charge in [0.25, 0.3) is 0 Å². The van der Waals surface area contributed by atoms with Gasteiger partial charge in [-0.05, 0) is 55.7 Å². The van der Waals surface area contributed by atoms with Crippen molar-refractivity contribution in [2.24, 2.45) is 0 Å². The number of ether oxygens (including phenoxy) is 3. The number of aryl methyl sites for hydroxylation is 1. The van der Waals surface area contributed by atoms with E-state index in [1.807, 2.05) is 13.0 Å². The highest BCUT2D eigenvalue weighted by Crippen LogP contribution is 2.16. The Bertz CT molecular complexity index is 985. The maximum atomic E-state index is 12.8. The fourth-order valence-electron chi connectivity index (χ4n) is 3.41.